The van der Waals surface area contributed by atoms with Crippen LogP contribution in [0.2, 0.25) is 0 Å². The number of hydrogen-bond donors (Lipinski definition) is 1. The fraction of sp³-hybridized carbons (Fsp3) is 0.429. The number of imidazole rings is 1. The van der Waals surface area contributed by atoms with Crippen LogP contribution in [0.15, 0.2) is 46.5 Å². The van der Waals surface area contributed by atoms with Crippen LogP contribution in [0, 0.1) is 5.82 Å². The first-order valence-corrected chi connectivity index (χ1v) is 16.4. The van der Waals surface area contributed by atoms with Crippen LogP contribution in [0.5, 0.6) is 5.75 Å². The Labute approximate surface area is 251 Å². The number of likely N-dealkylation sites (tertiary alicyclic amines) is 1. The molecule has 228 valence electrons. The Balaban J connectivity index is 1.29. The zero-order chi connectivity index (χ0) is 30.3. The van der Waals surface area contributed by atoms with Crippen molar-refractivity contribution in [2.45, 2.75) is 37.1 Å². The highest BCUT2D eigenvalue weighted by Crippen LogP contribution is 2.32. The Kier molecular flexibility index (Phi) is 8.06. The minimum atomic E-state index is -3.94. The minimum Gasteiger partial charge on any atom is -0.501 e. The number of carbonyl (C=O) groups is 1. The van der Waals surface area contributed by atoms with Gasteiger partial charge in [-0.1, -0.05) is 6.07 Å². The number of aromatic hydroxyl groups is 1. The first-order chi connectivity index (χ1) is 20.6. The molecular formula is C28H32FN7O5S2. The van der Waals surface area contributed by atoms with E-state index in [1.165, 1.54) is 33.2 Å². The van der Waals surface area contributed by atoms with Crippen molar-refractivity contribution in [1.82, 2.24) is 33.0 Å². The molecule has 0 radical (unpaired) electrons. The van der Waals surface area contributed by atoms with E-state index >= 15 is 0 Å². The molecule has 0 atom stereocenters. The second-order valence-electron chi connectivity index (χ2n) is 10.9. The van der Waals surface area contributed by atoms with Crippen LogP contribution in [0.25, 0.3) is 16.5 Å². The molecule has 2 aliphatic rings. The third kappa shape index (κ3) is 5.81. The lowest BCUT2D eigenvalue weighted by Gasteiger charge is -2.32. The zero-order valence-electron chi connectivity index (χ0n) is 23.6. The minimum absolute atomic E-state index is 0.00535. The van der Waals surface area contributed by atoms with Gasteiger partial charge in [0, 0.05) is 69.2 Å². The van der Waals surface area contributed by atoms with Gasteiger partial charge < -0.3 is 19.5 Å². The molecule has 0 aliphatic carbocycles. The van der Waals surface area contributed by atoms with E-state index in [1.807, 2.05) is 11.9 Å². The molecule has 12 nitrogen and oxygen atoms in total. The lowest BCUT2D eigenvalue weighted by molar-refractivity contribution is -0.132. The Hall–Kier alpha value is -3.66. The summed E-state index contributed by atoms with van der Waals surface area (Å²) in [7, 11) is -2.02. The highest BCUT2D eigenvalue weighted by molar-refractivity contribution is 7.89. The number of thiazole rings is 1. The van der Waals surface area contributed by atoms with Gasteiger partial charge in [-0.2, -0.15) is 4.31 Å². The van der Waals surface area contributed by atoms with Crippen molar-refractivity contribution in [3.8, 4) is 16.5 Å². The zero-order valence-corrected chi connectivity index (χ0v) is 25.3. The predicted molar refractivity (Wildman–Crippen MR) is 158 cm³/mol. The van der Waals surface area contributed by atoms with Gasteiger partial charge in [0.25, 0.3) is 0 Å². The van der Waals surface area contributed by atoms with Gasteiger partial charge in [0.2, 0.25) is 27.5 Å². The molecule has 2 saturated heterocycles. The molecule has 3 aromatic heterocycles. The average Bonchev–Trinajstić information content (AvgIpc) is 3.63. The average molecular weight is 630 g/mol. The Morgan fingerprint density at radius 2 is 1.81 bits per heavy atom. The number of hydrogen-bond acceptors (Lipinski definition) is 9. The monoisotopic (exact) mass is 629 g/mol. The maximum atomic E-state index is 14.3. The number of amides is 1. The van der Waals surface area contributed by atoms with Crippen LogP contribution in [-0.4, -0.2) is 98.8 Å². The number of rotatable bonds is 7. The van der Waals surface area contributed by atoms with Gasteiger partial charge >= 0.3 is 5.56 Å². The molecule has 2 fully saturated rings. The van der Waals surface area contributed by atoms with Gasteiger partial charge in [0.1, 0.15) is 17.4 Å². The first kappa shape index (κ1) is 29.4. The van der Waals surface area contributed by atoms with Gasteiger partial charge in [0.15, 0.2) is 5.69 Å². The highest BCUT2D eigenvalue weighted by Gasteiger charge is 2.30. The van der Waals surface area contributed by atoms with Gasteiger partial charge in [-0.15, -0.1) is 11.3 Å². The van der Waals surface area contributed by atoms with Crippen LogP contribution >= 0.6 is 11.3 Å². The summed E-state index contributed by atoms with van der Waals surface area (Å²) in [5.41, 5.74) is -0.315. The molecule has 0 spiro atoms. The standard InChI is InChI=1S/C28H32FN7O5S2/c1-32-9-12-35(13-10-32)43(40,41)22-16-20(29)6-5-19(22)15-21-17-30-26(42-21)24-25(38)27(39)36-14-11-34(28(36)31-24)18-23(37)33-7-3-2-4-8-33/h5-6,11,14,16-17,38H,2-4,7-10,12-13,15,18H2,1H3. The van der Waals surface area contributed by atoms with E-state index in [9.17, 15) is 27.5 Å². The van der Waals surface area contributed by atoms with Gasteiger partial charge in [-0.25, -0.2) is 27.2 Å². The van der Waals surface area contributed by atoms with E-state index < -0.39 is 27.1 Å². The summed E-state index contributed by atoms with van der Waals surface area (Å²) >= 11 is 1.14. The molecular weight excluding hydrogens is 597 g/mol. The molecule has 1 N–H and O–H groups in total. The third-order valence-electron chi connectivity index (χ3n) is 7.97. The van der Waals surface area contributed by atoms with E-state index in [0.717, 1.165) is 36.7 Å². The van der Waals surface area contributed by atoms with Crippen LogP contribution < -0.4 is 5.56 Å². The molecule has 43 heavy (non-hydrogen) atoms. The van der Waals surface area contributed by atoms with Crippen LogP contribution in [-0.2, 0) is 27.8 Å². The van der Waals surface area contributed by atoms with E-state index in [1.54, 1.807) is 15.7 Å². The van der Waals surface area contributed by atoms with Crippen LogP contribution in [0.3, 0.4) is 0 Å². The normalized spacial score (nSPS) is 17.1. The van der Waals surface area contributed by atoms with E-state index in [2.05, 4.69) is 9.97 Å². The molecule has 5 heterocycles. The summed E-state index contributed by atoms with van der Waals surface area (Å²) in [6.45, 7) is 3.20. The molecule has 0 unspecified atom stereocenters. The first-order valence-electron chi connectivity index (χ1n) is 14.1. The van der Waals surface area contributed by atoms with E-state index in [4.69, 9.17) is 0 Å². The van der Waals surface area contributed by atoms with Crippen LogP contribution in [0.4, 0.5) is 4.39 Å². The molecule has 0 bridgehead atoms. The molecule has 2 aliphatic heterocycles. The summed E-state index contributed by atoms with van der Waals surface area (Å²) in [5.74, 6) is -1.11. The fourth-order valence-corrected chi connectivity index (χ4v) is 8.07. The Bertz CT molecular complexity index is 1840. The highest BCUT2D eigenvalue weighted by atomic mass is 32.2. The molecule has 1 aromatic carbocycles. The fourth-order valence-electron chi connectivity index (χ4n) is 5.49. The summed E-state index contributed by atoms with van der Waals surface area (Å²) in [4.78, 5) is 39.2. The number of carbonyl (C=O) groups excluding carboxylic acids is 1. The van der Waals surface area contributed by atoms with E-state index in [0.29, 0.717) is 49.7 Å². The van der Waals surface area contributed by atoms with Crippen molar-refractivity contribution in [3.63, 3.8) is 0 Å². The van der Waals surface area contributed by atoms with Crippen LogP contribution in [0.1, 0.15) is 29.7 Å². The topological polar surface area (TPSA) is 133 Å². The summed E-state index contributed by atoms with van der Waals surface area (Å²) in [6.07, 6.45) is 7.73. The number of piperazine rings is 1. The van der Waals surface area contributed by atoms with Crippen molar-refractivity contribution in [2.75, 3.05) is 46.3 Å². The SMILES string of the molecule is CN1CCN(S(=O)(=O)c2cc(F)ccc2Cc2cnc(-c3nc4n(CC(=O)N5CCCCC5)ccn4c(=O)c3O)s2)CC1. The molecule has 0 saturated carbocycles. The number of piperidine rings is 1. The van der Waals surface area contributed by atoms with Gasteiger partial charge in [0.05, 0.1) is 4.90 Å². The second-order valence-corrected chi connectivity index (χ2v) is 13.9. The number of nitrogens with zero attached hydrogens (tertiary/aromatic N) is 7. The quantitative estimate of drug-likeness (QED) is 0.328. The number of benzene rings is 1. The molecule has 6 rings (SSSR count). The molecule has 15 heteroatoms. The number of sulfonamides is 1. The smallest absolute Gasteiger partial charge is 0.302 e. The second kappa shape index (κ2) is 11.8. The van der Waals surface area contributed by atoms with Crippen molar-refractivity contribution in [2.24, 2.45) is 0 Å². The largest absolute Gasteiger partial charge is 0.501 e. The predicted octanol–water partition coefficient (Wildman–Crippen LogP) is 2.00. The van der Waals surface area contributed by atoms with Crippen molar-refractivity contribution in [1.29, 1.82) is 0 Å². The van der Waals surface area contributed by atoms with Gasteiger partial charge in [-0.3, -0.25) is 9.59 Å². The number of aromatic nitrogens is 4. The molecule has 4 aromatic rings. The number of halogens is 1. The van der Waals surface area contributed by atoms with Crippen molar-refractivity contribution >= 4 is 33.0 Å². The number of likely N-dealkylation sites (N-methyl/N-ethyl adjacent to an activating group) is 1. The summed E-state index contributed by atoms with van der Waals surface area (Å²) in [5, 5.41) is 11.0. The Morgan fingerprint density at radius 3 is 2.56 bits per heavy atom. The molecule has 1 amide bonds. The third-order valence-corrected chi connectivity index (χ3v) is 11.0. The van der Waals surface area contributed by atoms with Crippen molar-refractivity contribution in [3.05, 3.63) is 63.4 Å². The maximum absolute atomic E-state index is 14.3. The lowest BCUT2D eigenvalue weighted by atomic mass is 10.1. The van der Waals surface area contributed by atoms with E-state index in [-0.39, 0.29) is 40.2 Å². The maximum Gasteiger partial charge on any atom is 0.302 e. The number of fused-ring (bicyclic) bond motifs is 1. The summed E-state index contributed by atoms with van der Waals surface area (Å²) < 4.78 is 45.4. The van der Waals surface area contributed by atoms with Crippen molar-refractivity contribution < 1.29 is 22.7 Å². The van der Waals surface area contributed by atoms with Gasteiger partial charge in [-0.05, 0) is 44.0 Å². The summed E-state index contributed by atoms with van der Waals surface area (Å²) in [6, 6.07) is 3.73. The Morgan fingerprint density at radius 1 is 1.07 bits per heavy atom. The lowest BCUT2D eigenvalue weighted by Crippen LogP contribution is -2.47.